The molecule has 0 heterocycles. The standard InChI is InChI=1S/C12H11F3N2O3S/c1-21(19,20)5-4-11(18)17-9-3-2-8(7-16)10(6-9)12(13,14)15/h2-3,6H,4-5H2,1H3,(H,17,18). The Bertz CT molecular complexity index is 691. The van der Waals surface area contributed by atoms with E-state index >= 15 is 0 Å². The van der Waals surface area contributed by atoms with Crippen LogP contribution in [-0.4, -0.2) is 26.3 Å². The number of nitrogens with one attached hydrogen (secondary N) is 1. The maximum absolute atomic E-state index is 12.7. The zero-order valence-corrected chi connectivity index (χ0v) is 11.7. The monoisotopic (exact) mass is 320 g/mol. The van der Waals surface area contributed by atoms with Crippen LogP contribution in [0.1, 0.15) is 17.5 Å². The smallest absolute Gasteiger partial charge is 0.326 e. The van der Waals surface area contributed by atoms with Gasteiger partial charge >= 0.3 is 6.18 Å². The summed E-state index contributed by atoms with van der Waals surface area (Å²) in [5, 5.41) is 10.8. The summed E-state index contributed by atoms with van der Waals surface area (Å²) in [7, 11) is -3.34. The first-order chi connectivity index (χ1) is 9.53. The van der Waals surface area contributed by atoms with Crippen molar-refractivity contribution in [3.63, 3.8) is 0 Å². The number of sulfone groups is 1. The fourth-order valence-corrected chi connectivity index (χ4v) is 2.01. The summed E-state index contributed by atoms with van der Waals surface area (Å²) < 4.78 is 59.9. The molecule has 0 aromatic heterocycles. The molecule has 0 saturated carbocycles. The third kappa shape index (κ3) is 5.43. The molecule has 114 valence electrons. The van der Waals surface area contributed by atoms with Crippen molar-refractivity contribution < 1.29 is 26.4 Å². The van der Waals surface area contributed by atoms with E-state index in [9.17, 15) is 26.4 Å². The highest BCUT2D eigenvalue weighted by atomic mass is 32.2. The zero-order chi connectivity index (χ0) is 16.3. The van der Waals surface area contributed by atoms with Gasteiger partial charge in [-0.1, -0.05) is 0 Å². The van der Waals surface area contributed by atoms with E-state index in [1.54, 1.807) is 0 Å². The van der Waals surface area contributed by atoms with Crippen LogP contribution in [0.3, 0.4) is 0 Å². The summed E-state index contributed by atoms with van der Waals surface area (Å²) in [5.41, 5.74) is -1.87. The molecule has 0 saturated heterocycles. The van der Waals surface area contributed by atoms with Gasteiger partial charge in [-0.2, -0.15) is 18.4 Å². The second-order valence-electron chi connectivity index (χ2n) is 4.30. The maximum atomic E-state index is 12.7. The number of hydrogen-bond acceptors (Lipinski definition) is 4. The molecule has 0 aliphatic rings. The highest BCUT2D eigenvalue weighted by Crippen LogP contribution is 2.33. The van der Waals surface area contributed by atoms with Gasteiger partial charge in [0.15, 0.2) is 0 Å². The first-order valence-corrected chi connectivity index (χ1v) is 7.68. The van der Waals surface area contributed by atoms with Crippen LogP contribution in [0.25, 0.3) is 0 Å². The molecule has 5 nitrogen and oxygen atoms in total. The van der Waals surface area contributed by atoms with Crippen molar-refractivity contribution in [2.24, 2.45) is 0 Å². The van der Waals surface area contributed by atoms with E-state index in [0.29, 0.717) is 6.07 Å². The second kappa shape index (κ2) is 6.13. The van der Waals surface area contributed by atoms with Gasteiger partial charge in [-0.15, -0.1) is 0 Å². The van der Waals surface area contributed by atoms with Gasteiger partial charge in [0.1, 0.15) is 9.84 Å². The molecule has 0 aliphatic heterocycles. The van der Waals surface area contributed by atoms with Crippen molar-refractivity contribution >= 4 is 21.4 Å². The predicted octanol–water partition coefficient (Wildman–Crippen LogP) is 1.95. The number of alkyl halides is 3. The number of nitriles is 1. The quantitative estimate of drug-likeness (QED) is 0.918. The molecule has 1 rings (SSSR count). The second-order valence-corrected chi connectivity index (χ2v) is 6.56. The largest absolute Gasteiger partial charge is 0.417 e. The van der Waals surface area contributed by atoms with Crippen LogP contribution in [0.4, 0.5) is 18.9 Å². The number of carbonyl (C=O) groups is 1. The molecule has 1 N–H and O–H groups in total. The van der Waals surface area contributed by atoms with Gasteiger partial charge in [-0.25, -0.2) is 8.42 Å². The number of nitrogens with zero attached hydrogens (tertiary/aromatic N) is 1. The van der Waals surface area contributed by atoms with Gasteiger partial charge in [0.05, 0.1) is 22.9 Å². The number of rotatable bonds is 4. The molecular formula is C12H11F3N2O3S. The molecule has 0 atom stereocenters. The summed E-state index contributed by atoms with van der Waals surface area (Å²) >= 11 is 0. The number of benzene rings is 1. The summed E-state index contributed by atoms with van der Waals surface area (Å²) in [4.78, 5) is 11.5. The van der Waals surface area contributed by atoms with Crippen molar-refractivity contribution in [2.75, 3.05) is 17.3 Å². The number of halogens is 3. The fourth-order valence-electron chi connectivity index (χ4n) is 1.46. The van der Waals surface area contributed by atoms with E-state index < -0.39 is 38.8 Å². The first kappa shape index (κ1) is 17.0. The summed E-state index contributed by atoms with van der Waals surface area (Å²) in [6, 6.07) is 4.14. The molecule has 1 aromatic rings. The minimum Gasteiger partial charge on any atom is -0.326 e. The molecule has 0 spiro atoms. The lowest BCUT2D eigenvalue weighted by molar-refractivity contribution is -0.137. The Hall–Kier alpha value is -2.08. The minimum absolute atomic E-state index is 0.153. The van der Waals surface area contributed by atoms with Gasteiger partial charge in [0.2, 0.25) is 5.91 Å². The van der Waals surface area contributed by atoms with E-state index in [-0.39, 0.29) is 12.1 Å². The van der Waals surface area contributed by atoms with Gasteiger partial charge in [0, 0.05) is 18.4 Å². The predicted molar refractivity (Wildman–Crippen MR) is 69.1 cm³/mol. The highest BCUT2D eigenvalue weighted by molar-refractivity contribution is 7.90. The lowest BCUT2D eigenvalue weighted by Crippen LogP contribution is -2.17. The van der Waals surface area contributed by atoms with Crippen LogP contribution in [0.5, 0.6) is 0 Å². The van der Waals surface area contributed by atoms with Crippen LogP contribution in [-0.2, 0) is 20.8 Å². The Balaban J connectivity index is 2.91. The molecule has 9 heteroatoms. The highest BCUT2D eigenvalue weighted by Gasteiger charge is 2.33. The van der Waals surface area contributed by atoms with E-state index in [4.69, 9.17) is 5.26 Å². The summed E-state index contributed by atoms with van der Waals surface area (Å²) in [6.45, 7) is 0. The van der Waals surface area contributed by atoms with Crippen molar-refractivity contribution in [1.29, 1.82) is 5.26 Å². The van der Waals surface area contributed by atoms with Gasteiger partial charge in [-0.3, -0.25) is 4.79 Å². The van der Waals surface area contributed by atoms with Crippen molar-refractivity contribution in [1.82, 2.24) is 0 Å². The fraction of sp³-hybridized carbons (Fsp3) is 0.333. The normalized spacial score (nSPS) is 11.8. The Morgan fingerprint density at radius 2 is 2.00 bits per heavy atom. The average molecular weight is 320 g/mol. The Kier molecular flexibility index (Phi) is 4.96. The Labute approximate surface area is 119 Å². The van der Waals surface area contributed by atoms with Crippen LogP contribution in [0.2, 0.25) is 0 Å². The molecule has 0 bridgehead atoms. The maximum Gasteiger partial charge on any atom is 0.417 e. The SMILES string of the molecule is CS(=O)(=O)CCC(=O)Nc1ccc(C#N)c(C(F)(F)F)c1. The number of hydrogen-bond donors (Lipinski definition) is 1. The molecule has 0 unspecified atom stereocenters. The molecular weight excluding hydrogens is 309 g/mol. The topological polar surface area (TPSA) is 87.0 Å². The summed E-state index contributed by atoms with van der Waals surface area (Å²) in [5.74, 6) is -1.13. The molecule has 1 amide bonds. The Morgan fingerprint density at radius 3 is 2.48 bits per heavy atom. The lowest BCUT2D eigenvalue weighted by Gasteiger charge is -2.11. The van der Waals surface area contributed by atoms with E-state index in [1.807, 2.05) is 0 Å². The Morgan fingerprint density at radius 1 is 1.38 bits per heavy atom. The zero-order valence-electron chi connectivity index (χ0n) is 10.9. The molecule has 21 heavy (non-hydrogen) atoms. The molecule has 0 fully saturated rings. The summed E-state index contributed by atoms with van der Waals surface area (Å²) in [6.07, 6.45) is -4.14. The van der Waals surface area contributed by atoms with Crippen molar-refractivity contribution in [3.05, 3.63) is 29.3 Å². The third-order valence-corrected chi connectivity index (χ3v) is 3.37. The first-order valence-electron chi connectivity index (χ1n) is 5.62. The van der Waals surface area contributed by atoms with Gasteiger partial charge in [-0.05, 0) is 18.2 Å². The number of amides is 1. The lowest BCUT2D eigenvalue weighted by atomic mass is 10.1. The number of anilines is 1. The van der Waals surface area contributed by atoms with Crippen LogP contribution >= 0.6 is 0 Å². The van der Waals surface area contributed by atoms with Crippen molar-refractivity contribution in [2.45, 2.75) is 12.6 Å². The van der Waals surface area contributed by atoms with E-state index in [0.717, 1.165) is 18.4 Å². The molecule has 1 aromatic carbocycles. The number of carbonyl (C=O) groups excluding carboxylic acids is 1. The van der Waals surface area contributed by atoms with Crippen LogP contribution < -0.4 is 5.32 Å². The molecule has 0 radical (unpaired) electrons. The van der Waals surface area contributed by atoms with Gasteiger partial charge < -0.3 is 5.32 Å². The van der Waals surface area contributed by atoms with E-state index in [1.165, 1.54) is 6.07 Å². The minimum atomic E-state index is -4.72. The average Bonchev–Trinajstić information content (AvgIpc) is 2.34. The third-order valence-electron chi connectivity index (χ3n) is 2.43. The van der Waals surface area contributed by atoms with Gasteiger partial charge in [0.25, 0.3) is 0 Å². The van der Waals surface area contributed by atoms with Crippen LogP contribution in [0.15, 0.2) is 18.2 Å². The van der Waals surface area contributed by atoms with Crippen molar-refractivity contribution in [3.8, 4) is 6.07 Å². The van der Waals surface area contributed by atoms with Crippen LogP contribution in [0, 0.1) is 11.3 Å². The van der Waals surface area contributed by atoms with E-state index in [2.05, 4.69) is 5.32 Å². The molecule has 0 aliphatic carbocycles.